The Labute approximate surface area is 120 Å². The van der Waals surface area contributed by atoms with Gasteiger partial charge >= 0.3 is 0 Å². The van der Waals surface area contributed by atoms with Crippen LogP contribution in [-0.2, 0) is 6.54 Å². The number of nitrogens with zero attached hydrogens (tertiary/aromatic N) is 3. The first kappa shape index (κ1) is 14.8. The van der Waals surface area contributed by atoms with Gasteiger partial charge in [-0.05, 0) is 43.4 Å². The SMILES string of the molecule is CS(C)(C)CCCCn1ncc2c([N+](=O)[O-])cccc21. The van der Waals surface area contributed by atoms with Crippen molar-refractivity contribution in [3.63, 3.8) is 0 Å². The minimum atomic E-state index is -0.445. The summed E-state index contributed by atoms with van der Waals surface area (Å²) in [7, 11) is -0.445. The van der Waals surface area contributed by atoms with Crippen LogP contribution in [0.5, 0.6) is 0 Å². The van der Waals surface area contributed by atoms with Crippen molar-refractivity contribution >= 4 is 26.6 Å². The molecule has 20 heavy (non-hydrogen) atoms. The van der Waals surface area contributed by atoms with Crippen molar-refractivity contribution in [2.24, 2.45) is 0 Å². The summed E-state index contributed by atoms with van der Waals surface area (Å²) < 4.78 is 1.88. The third kappa shape index (κ3) is 3.50. The van der Waals surface area contributed by atoms with E-state index in [0.29, 0.717) is 5.39 Å². The van der Waals surface area contributed by atoms with E-state index in [1.54, 1.807) is 12.3 Å². The molecule has 0 saturated heterocycles. The van der Waals surface area contributed by atoms with Crippen LogP contribution in [0.1, 0.15) is 12.8 Å². The van der Waals surface area contributed by atoms with E-state index in [9.17, 15) is 10.1 Å². The molecule has 6 heteroatoms. The summed E-state index contributed by atoms with van der Waals surface area (Å²) >= 11 is 0. The monoisotopic (exact) mass is 295 g/mol. The molecule has 0 atom stereocenters. The zero-order valence-corrected chi connectivity index (χ0v) is 13.0. The standard InChI is InChI=1S/C14H21N3O2S/c1-20(2,3)10-5-4-9-16-13-7-6-8-14(17(18)19)12(13)11-15-16/h6-8,11H,4-5,9-10H2,1-3H3. The molecule has 5 nitrogen and oxygen atoms in total. The van der Waals surface area contributed by atoms with Crippen LogP contribution in [0.25, 0.3) is 10.9 Å². The molecule has 0 spiro atoms. The molecule has 0 aliphatic heterocycles. The van der Waals surface area contributed by atoms with Crippen LogP contribution in [0, 0.1) is 10.1 Å². The summed E-state index contributed by atoms with van der Waals surface area (Å²) in [5.41, 5.74) is 0.982. The first-order valence-electron chi connectivity index (χ1n) is 6.63. The summed E-state index contributed by atoms with van der Waals surface area (Å²) in [4.78, 5) is 10.6. The largest absolute Gasteiger partial charge is 0.280 e. The lowest BCUT2D eigenvalue weighted by atomic mass is 10.2. The zero-order valence-electron chi connectivity index (χ0n) is 12.2. The van der Waals surface area contributed by atoms with Crippen molar-refractivity contribution in [3.05, 3.63) is 34.5 Å². The number of fused-ring (bicyclic) bond motifs is 1. The van der Waals surface area contributed by atoms with Crippen LogP contribution in [0.2, 0.25) is 0 Å². The second kappa shape index (κ2) is 5.83. The number of aromatic nitrogens is 2. The number of unbranched alkanes of at least 4 members (excludes halogenated alkanes) is 1. The second-order valence-corrected chi connectivity index (χ2v) is 10.4. The third-order valence-corrected chi connectivity index (χ3v) is 4.75. The van der Waals surface area contributed by atoms with Crippen LogP contribution < -0.4 is 0 Å². The topological polar surface area (TPSA) is 61.0 Å². The highest BCUT2D eigenvalue weighted by atomic mass is 32.3. The third-order valence-electron chi connectivity index (χ3n) is 3.24. The Morgan fingerprint density at radius 2 is 2.05 bits per heavy atom. The van der Waals surface area contributed by atoms with Crippen LogP contribution in [0.3, 0.4) is 0 Å². The Kier molecular flexibility index (Phi) is 4.32. The van der Waals surface area contributed by atoms with Crippen molar-refractivity contribution in [2.75, 3.05) is 24.5 Å². The predicted molar refractivity (Wildman–Crippen MR) is 85.9 cm³/mol. The van der Waals surface area contributed by atoms with Gasteiger partial charge in [0.1, 0.15) is 0 Å². The van der Waals surface area contributed by atoms with E-state index < -0.39 is 10.0 Å². The van der Waals surface area contributed by atoms with Gasteiger partial charge in [-0.1, -0.05) is 6.07 Å². The maximum absolute atomic E-state index is 11.0. The van der Waals surface area contributed by atoms with E-state index >= 15 is 0 Å². The molecule has 1 aromatic carbocycles. The fourth-order valence-corrected chi connectivity index (χ4v) is 3.29. The molecule has 0 saturated carbocycles. The van der Waals surface area contributed by atoms with Crippen LogP contribution in [0.4, 0.5) is 5.69 Å². The lowest BCUT2D eigenvalue weighted by molar-refractivity contribution is -0.383. The summed E-state index contributed by atoms with van der Waals surface area (Å²) in [5.74, 6) is 1.26. The molecular formula is C14H21N3O2S. The predicted octanol–water partition coefficient (Wildman–Crippen LogP) is 3.42. The number of non-ortho nitro benzene ring substituents is 1. The highest BCUT2D eigenvalue weighted by molar-refractivity contribution is 8.32. The fourth-order valence-electron chi connectivity index (χ4n) is 2.22. The van der Waals surface area contributed by atoms with Crippen molar-refractivity contribution in [1.82, 2.24) is 9.78 Å². The van der Waals surface area contributed by atoms with Crippen molar-refractivity contribution in [1.29, 1.82) is 0 Å². The lowest BCUT2D eigenvalue weighted by Crippen LogP contribution is -2.03. The Balaban J connectivity index is 2.08. The fraction of sp³-hybridized carbons (Fsp3) is 0.500. The molecule has 0 aliphatic rings. The summed E-state index contributed by atoms with van der Waals surface area (Å²) in [5, 5.41) is 15.9. The number of hydrogen-bond acceptors (Lipinski definition) is 3. The molecule has 1 aromatic heterocycles. The molecular weight excluding hydrogens is 274 g/mol. The summed E-state index contributed by atoms with van der Waals surface area (Å²) in [6.45, 7) is 0.820. The molecule has 2 rings (SSSR count). The van der Waals surface area contributed by atoms with Gasteiger partial charge in [-0.3, -0.25) is 14.8 Å². The van der Waals surface area contributed by atoms with E-state index in [1.165, 1.54) is 18.2 Å². The van der Waals surface area contributed by atoms with Gasteiger partial charge in [-0.25, -0.2) is 10.0 Å². The number of rotatable bonds is 6. The Morgan fingerprint density at radius 3 is 2.70 bits per heavy atom. The molecule has 0 unspecified atom stereocenters. The summed E-state index contributed by atoms with van der Waals surface area (Å²) in [6.07, 6.45) is 10.8. The molecule has 0 N–H and O–H groups in total. The number of hydrogen-bond donors (Lipinski definition) is 0. The van der Waals surface area contributed by atoms with E-state index in [-0.39, 0.29) is 10.6 Å². The van der Waals surface area contributed by atoms with Gasteiger partial charge in [0.2, 0.25) is 0 Å². The quantitative estimate of drug-likeness (QED) is 0.466. The number of nitro groups is 1. The molecule has 0 radical (unpaired) electrons. The molecule has 1 heterocycles. The van der Waals surface area contributed by atoms with E-state index in [4.69, 9.17) is 0 Å². The molecule has 0 bridgehead atoms. The minimum Gasteiger partial charge on any atom is -0.265 e. The summed E-state index contributed by atoms with van der Waals surface area (Å²) in [6, 6.07) is 5.14. The van der Waals surface area contributed by atoms with Gasteiger partial charge in [-0.2, -0.15) is 5.10 Å². The van der Waals surface area contributed by atoms with Crippen molar-refractivity contribution < 1.29 is 4.92 Å². The highest BCUT2D eigenvalue weighted by Gasteiger charge is 2.14. The Bertz CT molecular complexity index is 616. The van der Waals surface area contributed by atoms with Crippen molar-refractivity contribution in [3.8, 4) is 0 Å². The normalized spacial score (nSPS) is 12.8. The van der Waals surface area contributed by atoms with Crippen LogP contribution >= 0.6 is 10.0 Å². The minimum absolute atomic E-state index is 0.132. The van der Waals surface area contributed by atoms with Crippen molar-refractivity contribution in [2.45, 2.75) is 19.4 Å². The van der Waals surface area contributed by atoms with E-state index in [1.807, 2.05) is 10.7 Å². The average molecular weight is 295 g/mol. The van der Waals surface area contributed by atoms with Gasteiger partial charge in [0.15, 0.2) is 0 Å². The van der Waals surface area contributed by atoms with Crippen LogP contribution in [0.15, 0.2) is 24.4 Å². The lowest BCUT2D eigenvalue weighted by Gasteiger charge is -2.24. The number of aryl methyl sites for hydroxylation is 1. The highest BCUT2D eigenvalue weighted by Crippen LogP contribution is 2.35. The first-order valence-corrected chi connectivity index (χ1v) is 9.66. The van der Waals surface area contributed by atoms with Gasteiger partial charge < -0.3 is 0 Å². The molecule has 0 amide bonds. The maximum atomic E-state index is 11.0. The molecule has 0 fully saturated rings. The van der Waals surface area contributed by atoms with E-state index in [0.717, 1.165) is 18.5 Å². The van der Waals surface area contributed by atoms with Gasteiger partial charge in [0.25, 0.3) is 5.69 Å². The Hall–Kier alpha value is -1.56. The molecule has 0 aliphatic carbocycles. The first-order chi connectivity index (χ1) is 9.38. The Morgan fingerprint density at radius 1 is 1.30 bits per heavy atom. The van der Waals surface area contributed by atoms with Gasteiger partial charge in [-0.15, -0.1) is 0 Å². The van der Waals surface area contributed by atoms with Gasteiger partial charge in [0, 0.05) is 12.6 Å². The average Bonchev–Trinajstić information content (AvgIpc) is 2.76. The zero-order chi connectivity index (χ0) is 14.8. The number of nitro benzene ring substituents is 1. The molecule has 110 valence electrons. The number of benzene rings is 1. The van der Waals surface area contributed by atoms with E-state index in [2.05, 4.69) is 23.9 Å². The second-order valence-electron chi connectivity index (χ2n) is 5.84. The maximum Gasteiger partial charge on any atom is 0.280 e. The van der Waals surface area contributed by atoms with Gasteiger partial charge in [0.05, 0.1) is 22.0 Å². The molecule has 2 aromatic rings. The van der Waals surface area contributed by atoms with Crippen LogP contribution in [-0.4, -0.2) is 39.2 Å². The smallest absolute Gasteiger partial charge is 0.265 e.